The second-order valence-electron chi connectivity index (χ2n) is 12.7. The van der Waals surface area contributed by atoms with E-state index in [1.165, 1.54) is 0 Å². The minimum Gasteiger partial charge on any atom is -0.394 e. The fourth-order valence-electron chi connectivity index (χ4n) is 6.40. The van der Waals surface area contributed by atoms with Crippen LogP contribution in [0.5, 0.6) is 0 Å². The van der Waals surface area contributed by atoms with Crippen molar-refractivity contribution in [3.63, 3.8) is 0 Å². The Kier molecular flexibility index (Phi) is 13.1. The van der Waals surface area contributed by atoms with Crippen molar-refractivity contribution in [3.05, 3.63) is 0 Å². The van der Waals surface area contributed by atoms with Crippen LogP contribution in [0.2, 0.25) is 0 Å². The highest BCUT2D eigenvalue weighted by molar-refractivity contribution is 5.80. The highest BCUT2D eigenvalue weighted by Crippen LogP contribution is 2.32. The van der Waals surface area contributed by atoms with E-state index in [0.717, 1.165) is 25.8 Å². The largest absolute Gasteiger partial charge is 0.394 e. The van der Waals surface area contributed by atoms with Gasteiger partial charge in [-0.3, -0.25) is 4.79 Å². The van der Waals surface area contributed by atoms with Crippen molar-refractivity contribution in [2.45, 2.75) is 130 Å². The molecule has 2 saturated carbocycles. The fourth-order valence-corrected chi connectivity index (χ4v) is 6.40. The molecule has 1 unspecified atom stereocenters. The van der Waals surface area contributed by atoms with E-state index in [1.807, 2.05) is 0 Å². The summed E-state index contributed by atoms with van der Waals surface area (Å²) >= 11 is 0. The maximum absolute atomic E-state index is 12.7. The Bertz CT molecular complexity index is 905. The number of carbonyl (C=O) groups is 1. The topological polar surface area (TPSA) is 309 Å². The summed E-state index contributed by atoms with van der Waals surface area (Å²) in [6, 6.07) is -3.25. The van der Waals surface area contributed by atoms with Gasteiger partial charge >= 0.3 is 0 Å². The van der Waals surface area contributed by atoms with E-state index in [4.69, 9.17) is 47.6 Å². The summed E-state index contributed by atoms with van der Waals surface area (Å²) in [6.07, 6.45) is -8.58. The van der Waals surface area contributed by atoms with E-state index in [9.17, 15) is 30.3 Å². The molecule has 2 saturated heterocycles. The number of carbonyl (C=O) groups excluding carboxylic acids is 1. The van der Waals surface area contributed by atoms with E-state index in [1.54, 1.807) is 0 Å². The molecule has 0 aromatic rings. The lowest BCUT2D eigenvalue weighted by Gasteiger charge is -2.48. The third-order valence-electron chi connectivity index (χ3n) is 9.18. The maximum atomic E-state index is 12.7. The molecule has 4 aliphatic rings. The van der Waals surface area contributed by atoms with Gasteiger partial charge in [-0.2, -0.15) is 0 Å². The summed E-state index contributed by atoms with van der Waals surface area (Å²) in [5.74, 6) is -0.202. The number of nitrogens with one attached hydrogen (secondary N) is 2. The smallest absolute Gasteiger partial charge is 0.249 e. The lowest BCUT2D eigenvalue weighted by molar-refractivity contribution is -0.314. The summed E-state index contributed by atoms with van der Waals surface area (Å²) in [7, 11) is 0. The molecule has 0 bridgehead atoms. The molecule has 4 fully saturated rings. The van der Waals surface area contributed by atoms with Crippen molar-refractivity contribution in [2.24, 2.45) is 34.6 Å². The zero-order valence-corrected chi connectivity index (χ0v) is 25.0. The van der Waals surface area contributed by atoms with Gasteiger partial charge < -0.3 is 83.8 Å². The molecule has 2 heterocycles. The van der Waals surface area contributed by atoms with Gasteiger partial charge in [0.2, 0.25) is 5.91 Å². The van der Waals surface area contributed by atoms with Gasteiger partial charge in [-0.25, -0.2) is 0 Å². The molecule has 14 atom stereocenters. The minimum atomic E-state index is -1.55. The number of hydrogen-bond donors (Lipinski definition) is 12. The Morgan fingerprint density at radius 1 is 0.886 bits per heavy atom. The molecule has 17 nitrogen and oxygen atoms in total. The number of hydrogen-bond acceptors (Lipinski definition) is 16. The van der Waals surface area contributed by atoms with Crippen LogP contribution in [0.25, 0.3) is 0 Å². The molecule has 44 heavy (non-hydrogen) atoms. The van der Waals surface area contributed by atoms with Gasteiger partial charge in [-0.05, 0) is 57.5 Å². The Morgan fingerprint density at radius 2 is 1.59 bits per heavy atom. The number of aliphatic hydroxyl groups excluding tert-OH is 5. The summed E-state index contributed by atoms with van der Waals surface area (Å²) in [4.78, 5) is 12.7. The van der Waals surface area contributed by atoms with Crippen LogP contribution in [-0.4, -0.2) is 149 Å². The fraction of sp³-hybridized carbons (Fsp3) is 0.963. The molecule has 0 radical (unpaired) electrons. The third-order valence-corrected chi connectivity index (χ3v) is 9.18. The Morgan fingerprint density at radius 3 is 2.25 bits per heavy atom. The SMILES string of the molecule is NCCC(O)C(=O)N[C@@H]1C[C@H](N)[C@@H](O[C@H]2O[C@H](CNCC3CC(N)C3)CC[C@H]2N)[C@H](O)[C@H]1O[C@H]1O[C@H](CO)[C@@H](O)[C@H](N)[C@H]1O. The Balaban J connectivity index is 1.45. The van der Waals surface area contributed by atoms with Gasteiger partial charge in [0.25, 0.3) is 0 Å². The van der Waals surface area contributed by atoms with Gasteiger partial charge in [-0.15, -0.1) is 0 Å². The van der Waals surface area contributed by atoms with Gasteiger partial charge in [0.15, 0.2) is 12.6 Å². The van der Waals surface area contributed by atoms with Gasteiger partial charge in [0.05, 0.1) is 30.8 Å². The van der Waals surface area contributed by atoms with Crippen molar-refractivity contribution in [1.82, 2.24) is 10.6 Å². The average Bonchev–Trinajstić information content (AvgIpc) is 2.97. The molecule has 17 heteroatoms. The second kappa shape index (κ2) is 16.1. The van der Waals surface area contributed by atoms with Crippen LogP contribution < -0.4 is 39.3 Å². The van der Waals surface area contributed by atoms with Gasteiger partial charge in [0, 0.05) is 18.6 Å². The summed E-state index contributed by atoms with van der Waals surface area (Å²) in [6.45, 7) is 0.890. The van der Waals surface area contributed by atoms with Crippen LogP contribution in [0.4, 0.5) is 0 Å². The second-order valence-corrected chi connectivity index (χ2v) is 12.7. The van der Waals surface area contributed by atoms with Crippen molar-refractivity contribution < 1.29 is 49.3 Å². The van der Waals surface area contributed by atoms with Gasteiger partial charge in [0.1, 0.15) is 42.7 Å². The zero-order chi connectivity index (χ0) is 32.1. The zero-order valence-electron chi connectivity index (χ0n) is 25.0. The van der Waals surface area contributed by atoms with Crippen LogP contribution in [0.1, 0.15) is 38.5 Å². The van der Waals surface area contributed by atoms with E-state index >= 15 is 0 Å². The molecular formula is C27H53N7O10. The van der Waals surface area contributed by atoms with Gasteiger partial charge in [-0.1, -0.05) is 0 Å². The molecule has 2 aliphatic carbocycles. The quantitative estimate of drug-likeness (QED) is 0.0896. The van der Waals surface area contributed by atoms with Crippen LogP contribution in [0.3, 0.4) is 0 Å². The first-order valence-corrected chi connectivity index (χ1v) is 15.6. The normalized spacial score (nSPS) is 45.4. The first-order valence-electron chi connectivity index (χ1n) is 15.6. The lowest BCUT2D eigenvalue weighted by Crippen LogP contribution is -2.69. The molecule has 1 amide bonds. The summed E-state index contributed by atoms with van der Waals surface area (Å²) in [5, 5.41) is 58.4. The number of rotatable bonds is 13. The van der Waals surface area contributed by atoms with Crippen LogP contribution in [0.15, 0.2) is 0 Å². The first-order chi connectivity index (χ1) is 20.9. The minimum absolute atomic E-state index is 0.000911. The van der Waals surface area contributed by atoms with Crippen molar-refractivity contribution in [2.75, 3.05) is 26.2 Å². The molecule has 4 rings (SSSR count). The number of aliphatic hydroxyl groups is 5. The van der Waals surface area contributed by atoms with Crippen molar-refractivity contribution in [3.8, 4) is 0 Å². The third kappa shape index (κ3) is 8.61. The predicted octanol–water partition coefficient (Wildman–Crippen LogP) is -6.03. The molecule has 256 valence electrons. The number of amides is 1. The van der Waals surface area contributed by atoms with E-state index in [-0.39, 0.29) is 31.5 Å². The van der Waals surface area contributed by atoms with E-state index < -0.39 is 92.0 Å². The number of ether oxygens (including phenoxy) is 4. The molecule has 2 aliphatic heterocycles. The monoisotopic (exact) mass is 635 g/mol. The van der Waals surface area contributed by atoms with E-state index in [0.29, 0.717) is 18.9 Å². The number of nitrogens with two attached hydrogens (primary N) is 5. The Hall–Kier alpha value is -1.13. The first kappa shape index (κ1) is 35.7. The summed E-state index contributed by atoms with van der Waals surface area (Å²) in [5.41, 5.74) is 30.1. The predicted molar refractivity (Wildman–Crippen MR) is 155 cm³/mol. The van der Waals surface area contributed by atoms with E-state index in [2.05, 4.69) is 10.6 Å². The van der Waals surface area contributed by atoms with Crippen LogP contribution in [0, 0.1) is 5.92 Å². The maximum Gasteiger partial charge on any atom is 0.249 e. The lowest BCUT2D eigenvalue weighted by atomic mass is 9.81. The molecule has 17 N–H and O–H groups in total. The summed E-state index contributed by atoms with van der Waals surface area (Å²) < 4.78 is 23.9. The Labute approximate surface area is 257 Å². The van der Waals surface area contributed by atoms with Crippen LogP contribution >= 0.6 is 0 Å². The van der Waals surface area contributed by atoms with Crippen molar-refractivity contribution >= 4 is 5.91 Å². The molecular weight excluding hydrogens is 582 g/mol. The molecule has 0 aromatic carbocycles. The highest BCUT2D eigenvalue weighted by Gasteiger charge is 2.51. The average molecular weight is 636 g/mol. The van der Waals surface area contributed by atoms with Crippen LogP contribution in [-0.2, 0) is 23.7 Å². The van der Waals surface area contributed by atoms with Crippen molar-refractivity contribution in [1.29, 1.82) is 0 Å². The molecule has 0 aromatic heterocycles. The standard InChI is InChI=1S/C27H53N7O10/c28-4-3-17(36)25(40)34-16-7-15(31)23(22(39)24(16)44-27-21(38)19(32)20(37)18(10-35)42-27)43-26-14(30)2-1-13(41-26)9-33-8-11-5-12(29)6-11/h11-24,26-27,33,35-39H,1-10,28-32H2,(H,34,40)/t11?,12?,13-,14+,15-,16+,17?,18+,19-,20+,21+,22-,23+,24-,26+,27+/m0/s1. The highest BCUT2D eigenvalue weighted by atomic mass is 16.7. The molecule has 0 spiro atoms.